The summed E-state index contributed by atoms with van der Waals surface area (Å²) in [6.45, 7) is 4.87. The summed E-state index contributed by atoms with van der Waals surface area (Å²) < 4.78 is 3.71. The van der Waals surface area contributed by atoms with Crippen LogP contribution in [0.1, 0.15) is 29.2 Å². The van der Waals surface area contributed by atoms with Crippen LogP contribution in [0.2, 0.25) is 0 Å². The summed E-state index contributed by atoms with van der Waals surface area (Å²) in [6, 6.07) is 6.73. The number of aliphatic hydroxyl groups is 1. The van der Waals surface area contributed by atoms with Crippen LogP contribution in [-0.2, 0) is 13.6 Å². The first-order valence-corrected chi connectivity index (χ1v) is 9.02. The molecule has 1 aliphatic carbocycles. The highest BCUT2D eigenvalue weighted by Crippen LogP contribution is 2.33. The molecule has 4 rings (SSSR count). The van der Waals surface area contributed by atoms with Gasteiger partial charge >= 0.3 is 0 Å². The number of aryl methyl sites for hydroxylation is 3. The molecular formula is C20H25N5O. The van der Waals surface area contributed by atoms with Gasteiger partial charge in [0.15, 0.2) is 0 Å². The molecule has 0 bridgehead atoms. The standard InChI is InChI=1S/C20H25N5O/c1-13-4-5-15(17(6-13)16-10-22-24(3)12-16)9-21-18-7-19(26)20(18)25-11-14(2)8-23-25/h4-6,8,10-12,18-21,26H,7,9H2,1-3H3/t18-,19+,20+/m0/s1. The Morgan fingerprint density at radius 1 is 1.15 bits per heavy atom. The Bertz CT molecular complexity index is 913. The first kappa shape index (κ1) is 17.0. The average molecular weight is 351 g/mol. The van der Waals surface area contributed by atoms with Gasteiger partial charge in [0, 0.05) is 37.6 Å². The molecule has 0 aliphatic heterocycles. The minimum atomic E-state index is -0.345. The predicted octanol–water partition coefficient (Wildman–Crippen LogP) is 2.36. The van der Waals surface area contributed by atoms with Gasteiger partial charge in [-0.25, -0.2) is 0 Å². The van der Waals surface area contributed by atoms with Crippen LogP contribution in [0.15, 0.2) is 43.0 Å². The van der Waals surface area contributed by atoms with Crippen LogP contribution in [0.3, 0.4) is 0 Å². The maximum atomic E-state index is 10.2. The second-order valence-electron chi connectivity index (χ2n) is 7.34. The van der Waals surface area contributed by atoms with Gasteiger partial charge in [0.1, 0.15) is 0 Å². The summed E-state index contributed by atoms with van der Waals surface area (Å²) in [5.74, 6) is 0. The molecule has 0 radical (unpaired) electrons. The third-order valence-corrected chi connectivity index (χ3v) is 5.17. The molecular weight excluding hydrogens is 326 g/mol. The summed E-state index contributed by atoms with van der Waals surface area (Å²) >= 11 is 0. The molecule has 0 unspecified atom stereocenters. The number of hydrogen-bond acceptors (Lipinski definition) is 4. The number of rotatable bonds is 5. The van der Waals surface area contributed by atoms with E-state index in [0.717, 1.165) is 24.1 Å². The molecule has 6 nitrogen and oxygen atoms in total. The zero-order valence-electron chi connectivity index (χ0n) is 15.4. The first-order chi connectivity index (χ1) is 12.5. The van der Waals surface area contributed by atoms with Crippen molar-refractivity contribution in [3.63, 3.8) is 0 Å². The van der Waals surface area contributed by atoms with Crippen molar-refractivity contribution in [3.05, 3.63) is 59.7 Å². The van der Waals surface area contributed by atoms with Gasteiger partial charge in [-0.05, 0) is 37.0 Å². The van der Waals surface area contributed by atoms with E-state index in [9.17, 15) is 5.11 Å². The molecule has 3 atom stereocenters. The fraction of sp³-hybridized carbons (Fsp3) is 0.400. The summed E-state index contributed by atoms with van der Waals surface area (Å²) in [7, 11) is 1.93. The second kappa shape index (κ2) is 6.70. The molecule has 2 aromatic heterocycles. The maximum absolute atomic E-state index is 10.2. The van der Waals surface area contributed by atoms with Gasteiger partial charge in [0.25, 0.3) is 0 Å². The van der Waals surface area contributed by atoms with Crippen molar-refractivity contribution >= 4 is 0 Å². The molecule has 26 heavy (non-hydrogen) atoms. The minimum absolute atomic E-state index is 0.00371. The Balaban J connectivity index is 1.51. The lowest BCUT2D eigenvalue weighted by atomic mass is 9.82. The van der Waals surface area contributed by atoms with Crippen LogP contribution in [0, 0.1) is 13.8 Å². The summed E-state index contributed by atoms with van der Waals surface area (Å²) in [6.07, 6.45) is 8.18. The van der Waals surface area contributed by atoms with E-state index in [1.54, 1.807) is 0 Å². The molecule has 2 heterocycles. The number of nitrogens with one attached hydrogen (secondary N) is 1. The quantitative estimate of drug-likeness (QED) is 0.740. The number of nitrogens with zero attached hydrogens (tertiary/aromatic N) is 4. The van der Waals surface area contributed by atoms with Crippen molar-refractivity contribution < 1.29 is 5.11 Å². The lowest BCUT2D eigenvalue weighted by Gasteiger charge is -2.42. The van der Waals surface area contributed by atoms with Crippen molar-refractivity contribution in [2.24, 2.45) is 7.05 Å². The molecule has 2 N–H and O–H groups in total. The van der Waals surface area contributed by atoms with Gasteiger partial charge in [-0.3, -0.25) is 9.36 Å². The lowest BCUT2D eigenvalue weighted by Crippen LogP contribution is -2.54. The second-order valence-corrected chi connectivity index (χ2v) is 7.34. The Labute approximate surface area is 153 Å². The highest BCUT2D eigenvalue weighted by molar-refractivity contribution is 5.66. The molecule has 1 aliphatic rings. The molecule has 1 saturated carbocycles. The van der Waals surface area contributed by atoms with E-state index in [2.05, 4.69) is 40.6 Å². The average Bonchev–Trinajstić information content (AvgIpc) is 3.20. The third-order valence-electron chi connectivity index (χ3n) is 5.17. The summed E-state index contributed by atoms with van der Waals surface area (Å²) in [5.41, 5.74) is 5.91. The van der Waals surface area contributed by atoms with E-state index in [1.807, 2.05) is 48.1 Å². The van der Waals surface area contributed by atoms with Crippen molar-refractivity contribution in [2.45, 2.75) is 45.0 Å². The molecule has 0 saturated heterocycles. The van der Waals surface area contributed by atoms with Gasteiger partial charge in [0.05, 0.1) is 24.5 Å². The Morgan fingerprint density at radius 3 is 2.65 bits per heavy atom. The molecule has 1 fully saturated rings. The van der Waals surface area contributed by atoms with E-state index in [-0.39, 0.29) is 18.2 Å². The molecule has 0 amide bonds. The fourth-order valence-electron chi connectivity index (χ4n) is 3.69. The molecule has 0 spiro atoms. The molecule has 3 aromatic rings. The van der Waals surface area contributed by atoms with Crippen molar-refractivity contribution in [1.29, 1.82) is 0 Å². The van der Waals surface area contributed by atoms with Crippen molar-refractivity contribution in [1.82, 2.24) is 24.9 Å². The van der Waals surface area contributed by atoms with Crippen LogP contribution in [-0.4, -0.2) is 36.8 Å². The van der Waals surface area contributed by atoms with E-state index < -0.39 is 0 Å². The molecule has 6 heteroatoms. The van der Waals surface area contributed by atoms with Gasteiger partial charge in [-0.1, -0.05) is 23.8 Å². The largest absolute Gasteiger partial charge is 0.391 e. The van der Waals surface area contributed by atoms with Gasteiger partial charge in [-0.2, -0.15) is 10.2 Å². The van der Waals surface area contributed by atoms with Crippen LogP contribution in [0.25, 0.3) is 11.1 Å². The van der Waals surface area contributed by atoms with E-state index in [4.69, 9.17) is 0 Å². The Morgan fingerprint density at radius 2 is 2.00 bits per heavy atom. The van der Waals surface area contributed by atoms with Crippen molar-refractivity contribution in [3.8, 4) is 11.1 Å². The van der Waals surface area contributed by atoms with E-state index in [1.165, 1.54) is 16.7 Å². The van der Waals surface area contributed by atoms with Crippen LogP contribution < -0.4 is 5.32 Å². The van der Waals surface area contributed by atoms with Gasteiger partial charge < -0.3 is 10.4 Å². The number of benzene rings is 1. The van der Waals surface area contributed by atoms with Crippen molar-refractivity contribution in [2.75, 3.05) is 0 Å². The monoisotopic (exact) mass is 351 g/mol. The third kappa shape index (κ3) is 3.18. The smallest absolute Gasteiger partial charge is 0.0932 e. The Kier molecular flexibility index (Phi) is 4.38. The van der Waals surface area contributed by atoms with Crippen LogP contribution in [0.4, 0.5) is 0 Å². The predicted molar refractivity (Wildman–Crippen MR) is 101 cm³/mol. The van der Waals surface area contributed by atoms with E-state index in [0.29, 0.717) is 0 Å². The topological polar surface area (TPSA) is 67.9 Å². The number of aliphatic hydroxyl groups excluding tert-OH is 1. The lowest BCUT2D eigenvalue weighted by molar-refractivity contribution is -0.00822. The normalized spacial score (nSPS) is 22.4. The molecule has 136 valence electrons. The highest BCUT2D eigenvalue weighted by atomic mass is 16.3. The van der Waals surface area contributed by atoms with Crippen LogP contribution in [0.5, 0.6) is 0 Å². The fourth-order valence-corrected chi connectivity index (χ4v) is 3.69. The number of aromatic nitrogens is 4. The first-order valence-electron chi connectivity index (χ1n) is 9.02. The maximum Gasteiger partial charge on any atom is 0.0932 e. The number of hydrogen-bond donors (Lipinski definition) is 2. The summed E-state index contributed by atoms with van der Waals surface area (Å²) in [4.78, 5) is 0. The SMILES string of the molecule is Cc1ccc(CN[C@H]2C[C@@H](O)[C@@H]2n2cc(C)cn2)c(-c2cnn(C)c2)c1. The van der Waals surface area contributed by atoms with Gasteiger partial charge in [0.2, 0.25) is 0 Å². The van der Waals surface area contributed by atoms with E-state index >= 15 is 0 Å². The molecule has 1 aromatic carbocycles. The minimum Gasteiger partial charge on any atom is -0.391 e. The summed E-state index contributed by atoms with van der Waals surface area (Å²) in [5, 5.41) is 22.5. The zero-order chi connectivity index (χ0) is 18.3. The van der Waals surface area contributed by atoms with Crippen LogP contribution >= 0.6 is 0 Å². The Hall–Kier alpha value is -2.44. The van der Waals surface area contributed by atoms with Gasteiger partial charge in [-0.15, -0.1) is 0 Å². The zero-order valence-corrected chi connectivity index (χ0v) is 15.4. The highest BCUT2D eigenvalue weighted by Gasteiger charge is 2.41.